The van der Waals surface area contributed by atoms with Crippen molar-refractivity contribution in [2.45, 2.75) is 94.6 Å². The summed E-state index contributed by atoms with van der Waals surface area (Å²) in [5, 5.41) is 4.34. The average molecular weight is 625 g/mol. The SMILES string of the molecule is COc1cc(C(=O)N2[C@H]3CC[C@@H]2[C@H](N)C3)cc2nc(-c3cc4ccc([C@@H](C)NC(=O)C5(OC)CCC5)cc4n3CC3CC3)n(C)c12. The molecule has 2 aromatic carbocycles. The zero-order chi connectivity index (χ0) is 31.9. The van der Waals surface area contributed by atoms with Gasteiger partial charge in [0.15, 0.2) is 5.82 Å². The first-order valence-electron chi connectivity index (χ1n) is 16.8. The molecule has 2 aliphatic heterocycles. The molecule has 4 atom stereocenters. The number of nitrogens with two attached hydrogens (primary N) is 1. The first-order valence-corrected chi connectivity index (χ1v) is 16.8. The van der Waals surface area contributed by atoms with Crippen LogP contribution in [0.1, 0.15) is 80.3 Å². The average Bonchev–Trinajstić information content (AvgIpc) is 3.35. The zero-order valence-corrected chi connectivity index (χ0v) is 27.2. The summed E-state index contributed by atoms with van der Waals surface area (Å²) in [4.78, 5) is 34.1. The topological polar surface area (TPSA) is 117 Å². The van der Waals surface area contributed by atoms with E-state index in [4.69, 9.17) is 20.2 Å². The monoisotopic (exact) mass is 624 g/mol. The second-order valence-electron chi connectivity index (χ2n) is 14.1. The maximum Gasteiger partial charge on any atom is 0.254 e. The van der Waals surface area contributed by atoms with Crippen LogP contribution < -0.4 is 15.8 Å². The van der Waals surface area contributed by atoms with Gasteiger partial charge in [0.05, 0.1) is 24.4 Å². The predicted molar refractivity (Wildman–Crippen MR) is 177 cm³/mol. The molecule has 2 saturated carbocycles. The van der Waals surface area contributed by atoms with Gasteiger partial charge in [0.1, 0.15) is 16.9 Å². The highest BCUT2D eigenvalue weighted by Gasteiger charge is 2.47. The Morgan fingerprint density at radius 1 is 1.11 bits per heavy atom. The number of ether oxygens (including phenoxy) is 2. The Morgan fingerprint density at radius 3 is 2.54 bits per heavy atom. The number of aryl methyl sites for hydroxylation is 1. The molecule has 0 spiro atoms. The molecule has 3 N–H and O–H groups in total. The highest BCUT2D eigenvalue weighted by molar-refractivity contribution is 6.01. The van der Waals surface area contributed by atoms with Gasteiger partial charge in [0.2, 0.25) is 0 Å². The van der Waals surface area contributed by atoms with Gasteiger partial charge in [0, 0.05) is 55.3 Å². The number of nitrogens with zero attached hydrogens (tertiary/aromatic N) is 4. The summed E-state index contributed by atoms with van der Waals surface area (Å²) in [5.74, 6) is 2.07. The van der Waals surface area contributed by atoms with E-state index >= 15 is 0 Å². The molecule has 4 aromatic rings. The van der Waals surface area contributed by atoms with Crippen molar-refractivity contribution in [2.24, 2.45) is 18.7 Å². The first kappa shape index (κ1) is 29.5. The van der Waals surface area contributed by atoms with Gasteiger partial charge in [-0.2, -0.15) is 0 Å². The molecule has 242 valence electrons. The third kappa shape index (κ3) is 4.55. The lowest BCUT2D eigenvalue weighted by Crippen LogP contribution is -2.53. The Kier molecular flexibility index (Phi) is 6.95. The van der Waals surface area contributed by atoms with Crippen molar-refractivity contribution in [1.29, 1.82) is 0 Å². The van der Waals surface area contributed by atoms with Crippen molar-refractivity contribution in [3.8, 4) is 17.3 Å². The van der Waals surface area contributed by atoms with Crippen molar-refractivity contribution in [3.05, 3.63) is 47.5 Å². The number of rotatable bonds is 9. The van der Waals surface area contributed by atoms with E-state index < -0.39 is 5.60 Å². The van der Waals surface area contributed by atoms with Crippen LogP contribution in [0.15, 0.2) is 36.4 Å². The molecule has 2 aliphatic carbocycles. The second-order valence-corrected chi connectivity index (χ2v) is 14.1. The van der Waals surface area contributed by atoms with Gasteiger partial charge in [-0.25, -0.2) is 4.98 Å². The number of hydrogen-bond acceptors (Lipinski definition) is 6. The molecule has 2 aromatic heterocycles. The summed E-state index contributed by atoms with van der Waals surface area (Å²) < 4.78 is 16.0. The van der Waals surface area contributed by atoms with Crippen molar-refractivity contribution in [1.82, 2.24) is 24.3 Å². The highest BCUT2D eigenvalue weighted by atomic mass is 16.5. The van der Waals surface area contributed by atoms with Gasteiger partial charge < -0.3 is 34.6 Å². The number of fused-ring (bicyclic) bond motifs is 4. The summed E-state index contributed by atoms with van der Waals surface area (Å²) in [6.45, 7) is 2.94. The number of benzene rings is 2. The lowest BCUT2D eigenvalue weighted by atomic mass is 9.79. The summed E-state index contributed by atoms with van der Waals surface area (Å²) in [6, 6.07) is 12.7. The molecule has 4 fully saturated rings. The van der Waals surface area contributed by atoms with E-state index in [0.29, 0.717) is 17.2 Å². The fourth-order valence-corrected chi connectivity index (χ4v) is 8.23. The van der Waals surface area contributed by atoms with E-state index in [1.807, 2.05) is 31.0 Å². The minimum absolute atomic E-state index is 0.0122. The number of amides is 2. The van der Waals surface area contributed by atoms with Gasteiger partial charge in [-0.1, -0.05) is 12.1 Å². The van der Waals surface area contributed by atoms with Crippen molar-refractivity contribution in [3.63, 3.8) is 0 Å². The van der Waals surface area contributed by atoms with E-state index in [0.717, 1.165) is 84.1 Å². The lowest BCUT2D eigenvalue weighted by molar-refractivity contribution is -0.155. The van der Waals surface area contributed by atoms with E-state index in [-0.39, 0.29) is 36.0 Å². The molecule has 8 rings (SSSR count). The van der Waals surface area contributed by atoms with Gasteiger partial charge >= 0.3 is 0 Å². The van der Waals surface area contributed by atoms with Crippen LogP contribution in [0, 0.1) is 5.92 Å². The number of carbonyl (C=O) groups excluding carboxylic acids is 2. The molecule has 10 heteroatoms. The normalized spacial score (nSPS) is 24.0. The van der Waals surface area contributed by atoms with Crippen LogP contribution in [-0.2, 0) is 23.1 Å². The molecular weight excluding hydrogens is 580 g/mol. The largest absolute Gasteiger partial charge is 0.494 e. The van der Waals surface area contributed by atoms with Crippen molar-refractivity contribution >= 4 is 33.8 Å². The van der Waals surface area contributed by atoms with Crippen LogP contribution in [0.5, 0.6) is 5.75 Å². The fourth-order valence-electron chi connectivity index (χ4n) is 8.23. The van der Waals surface area contributed by atoms with Gasteiger partial charge in [-0.15, -0.1) is 0 Å². The quantitative estimate of drug-likeness (QED) is 0.269. The number of imidazole rings is 1. The van der Waals surface area contributed by atoms with E-state index in [1.54, 1.807) is 14.2 Å². The van der Waals surface area contributed by atoms with Crippen molar-refractivity contribution < 1.29 is 19.1 Å². The minimum Gasteiger partial charge on any atom is -0.494 e. The van der Waals surface area contributed by atoms with Gasteiger partial charge in [0.25, 0.3) is 11.8 Å². The molecule has 4 heterocycles. The Balaban J connectivity index is 1.17. The number of carbonyl (C=O) groups is 2. The Hall–Kier alpha value is -3.89. The maximum atomic E-state index is 13.8. The number of aromatic nitrogens is 3. The Labute approximate surface area is 269 Å². The standard InChI is InChI=1S/C36H44N6O4/c1-20(38-35(44)36(46-4)12-5-13-36)22-8-9-23-16-30(41(29(23)15-22)19-21-6-7-21)33-39-27-14-24(17-31(45-3)32(27)40(33)2)34(43)42-25-10-11-28(42)26(37)18-25/h8-9,14-17,20-21,25-26,28H,5-7,10-13,18-19,37H2,1-4H3,(H,38,44)/t20-,25+,26-,28-/m1/s1. The Bertz CT molecular complexity index is 1860. The fraction of sp³-hybridized carbons (Fsp3) is 0.528. The maximum absolute atomic E-state index is 13.8. The third-order valence-corrected chi connectivity index (χ3v) is 11.3. The van der Waals surface area contributed by atoms with Crippen LogP contribution in [0.3, 0.4) is 0 Å². The summed E-state index contributed by atoms with van der Waals surface area (Å²) in [7, 11) is 5.29. The van der Waals surface area contributed by atoms with E-state index in [2.05, 4.69) is 38.7 Å². The molecule has 4 aliphatic rings. The van der Waals surface area contributed by atoms with Crippen LogP contribution >= 0.6 is 0 Å². The zero-order valence-electron chi connectivity index (χ0n) is 27.2. The summed E-state index contributed by atoms with van der Waals surface area (Å²) in [5.41, 5.74) is 11.1. The van der Waals surface area contributed by atoms with Crippen LogP contribution in [0.4, 0.5) is 0 Å². The molecular formula is C36H44N6O4. The Morgan fingerprint density at radius 2 is 1.91 bits per heavy atom. The molecule has 2 bridgehead atoms. The predicted octanol–water partition coefficient (Wildman–Crippen LogP) is 5.06. The number of methoxy groups -OCH3 is 2. The van der Waals surface area contributed by atoms with Crippen molar-refractivity contribution in [2.75, 3.05) is 14.2 Å². The second kappa shape index (κ2) is 10.8. The molecule has 2 amide bonds. The highest BCUT2D eigenvalue weighted by Crippen LogP contribution is 2.41. The molecule has 2 saturated heterocycles. The minimum atomic E-state index is -0.690. The smallest absolute Gasteiger partial charge is 0.254 e. The van der Waals surface area contributed by atoms with Crippen LogP contribution in [0.2, 0.25) is 0 Å². The lowest BCUT2D eigenvalue weighted by Gasteiger charge is -2.39. The number of hydrogen-bond donors (Lipinski definition) is 2. The number of nitrogens with one attached hydrogen (secondary N) is 1. The molecule has 0 unspecified atom stereocenters. The van der Waals surface area contributed by atoms with Crippen LogP contribution in [0.25, 0.3) is 33.5 Å². The van der Waals surface area contributed by atoms with Gasteiger partial charge in [-0.05, 0) is 94.0 Å². The van der Waals surface area contributed by atoms with E-state index in [1.165, 1.54) is 12.8 Å². The van der Waals surface area contributed by atoms with Crippen LogP contribution in [-0.4, -0.2) is 68.8 Å². The molecule has 10 nitrogen and oxygen atoms in total. The molecule has 0 radical (unpaired) electrons. The third-order valence-electron chi connectivity index (χ3n) is 11.3. The summed E-state index contributed by atoms with van der Waals surface area (Å²) in [6.07, 6.45) is 7.83. The summed E-state index contributed by atoms with van der Waals surface area (Å²) >= 11 is 0. The van der Waals surface area contributed by atoms with E-state index in [9.17, 15) is 9.59 Å². The molecule has 46 heavy (non-hydrogen) atoms. The first-order chi connectivity index (χ1) is 22.2. The van der Waals surface area contributed by atoms with Gasteiger partial charge in [-0.3, -0.25) is 9.59 Å².